The minimum atomic E-state index is 0.496. The summed E-state index contributed by atoms with van der Waals surface area (Å²) in [6.45, 7) is 9.61. The van der Waals surface area contributed by atoms with Crippen LogP contribution in [0.2, 0.25) is 0 Å². The van der Waals surface area contributed by atoms with Crippen molar-refractivity contribution in [3.63, 3.8) is 0 Å². The van der Waals surface area contributed by atoms with E-state index in [1.807, 2.05) is 11.6 Å². The molecule has 1 aromatic heterocycles. The number of hydrogen-bond donors (Lipinski definition) is 1. The van der Waals surface area contributed by atoms with Crippen LogP contribution in [0, 0.1) is 0 Å². The monoisotopic (exact) mass is 272 g/mol. The second-order valence-corrected chi connectivity index (χ2v) is 5.83. The number of rotatable bonds is 5. The molecule has 0 atom stereocenters. The van der Waals surface area contributed by atoms with Gasteiger partial charge < -0.3 is 9.88 Å². The lowest BCUT2D eigenvalue weighted by Crippen LogP contribution is -2.10. The SMILES string of the molecule is CC(C)c1cccc(C(C)C)c1NCc1nncn1C. The summed E-state index contributed by atoms with van der Waals surface area (Å²) in [5, 5.41) is 11.6. The first-order chi connectivity index (χ1) is 9.50. The predicted octanol–water partition coefficient (Wildman–Crippen LogP) is 3.67. The molecule has 0 aliphatic heterocycles. The molecule has 108 valence electrons. The number of para-hydroxylation sites is 1. The van der Waals surface area contributed by atoms with Gasteiger partial charge in [-0.1, -0.05) is 45.9 Å². The quantitative estimate of drug-likeness (QED) is 0.903. The summed E-state index contributed by atoms with van der Waals surface area (Å²) in [7, 11) is 1.97. The Morgan fingerprint density at radius 1 is 1.10 bits per heavy atom. The molecule has 1 aromatic carbocycles. The van der Waals surface area contributed by atoms with E-state index in [9.17, 15) is 0 Å². The van der Waals surface area contributed by atoms with E-state index >= 15 is 0 Å². The van der Waals surface area contributed by atoms with Crippen LogP contribution >= 0.6 is 0 Å². The van der Waals surface area contributed by atoms with E-state index in [2.05, 4.69) is 61.4 Å². The topological polar surface area (TPSA) is 42.7 Å². The van der Waals surface area contributed by atoms with E-state index in [0.717, 1.165) is 5.82 Å². The third kappa shape index (κ3) is 3.00. The van der Waals surface area contributed by atoms with Crippen LogP contribution in [-0.2, 0) is 13.6 Å². The van der Waals surface area contributed by atoms with Gasteiger partial charge in [0.15, 0.2) is 5.82 Å². The van der Waals surface area contributed by atoms with Gasteiger partial charge in [-0.2, -0.15) is 0 Å². The molecule has 0 fully saturated rings. The van der Waals surface area contributed by atoms with E-state index in [-0.39, 0.29) is 0 Å². The first-order valence-corrected chi connectivity index (χ1v) is 7.20. The van der Waals surface area contributed by atoms with Crippen LogP contribution in [0.25, 0.3) is 0 Å². The standard InChI is InChI=1S/C16H24N4/c1-11(2)13-7-6-8-14(12(3)4)16(13)17-9-15-19-18-10-20(15)5/h6-8,10-12,17H,9H2,1-5H3. The number of nitrogens with zero attached hydrogens (tertiary/aromatic N) is 3. The van der Waals surface area contributed by atoms with Crippen molar-refractivity contribution >= 4 is 5.69 Å². The summed E-state index contributed by atoms with van der Waals surface area (Å²) in [5.41, 5.74) is 3.97. The van der Waals surface area contributed by atoms with Gasteiger partial charge in [0, 0.05) is 12.7 Å². The molecule has 0 bridgehead atoms. The van der Waals surface area contributed by atoms with Gasteiger partial charge in [0.2, 0.25) is 0 Å². The van der Waals surface area contributed by atoms with Gasteiger partial charge in [-0.25, -0.2) is 0 Å². The highest BCUT2D eigenvalue weighted by molar-refractivity contribution is 5.60. The van der Waals surface area contributed by atoms with Crippen molar-refractivity contribution < 1.29 is 0 Å². The number of aryl methyl sites for hydroxylation is 1. The Bertz CT molecular complexity index is 543. The maximum Gasteiger partial charge on any atom is 0.151 e. The minimum Gasteiger partial charge on any atom is -0.377 e. The average Bonchev–Trinajstić information content (AvgIpc) is 2.81. The molecule has 2 rings (SSSR count). The second-order valence-electron chi connectivity index (χ2n) is 5.83. The molecule has 0 saturated carbocycles. The normalized spacial score (nSPS) is 11.3. The Labute approximate surface area is 121 Å². The van der Waals surface area contributed by atoms with E-state index < -0.39 is 0 Å². The van der Waals surface area contributed by atoms with E-state index in [1.54, 1.807) is 6.33 Å². The number of benzene rings is 1. The summed E-state index contributed by atoms with van der Waals surface area (Å²) in [4.78, 5) is 0. The smallest absolute Gasteiger partial charge is 0.151 e. The molecule has 0 saturated heterocycles. The number of anilines is 1. The largest absolute Gasteiger partial charge is 0.377 e. The molecular weight excluding hydrogens is 248 g/mol. The van der Waals surface area contributed by atoms with Gasteiger partial charge in [0.25, 0.3) is 0 Å². The number of nitrogens with one attached hydrogen (secondary N) is 1. The molecule has 1 N–H and O–H groups in total. The molecule has 4 heteroatoms. The van der Waals surface area contributed by atoms with Crippen LogP contribution < -0.4 is 5.32 Å². The first kappa shape index (κ1) is 14.6. The van der Waals surface area contributed by atoms with Crippen molar-refractivity contribution in [1.29, 1.82) is 0 Å². The van der Waals surface area contributed by atoms with Gasteiger partial charge in [-0.15, -0.1) is 10.2 Å². The highest BCUT2D eigenvalue weighted by Gasteiger charge is 2.14. The molecule has 4 nitrogen and oxygen atoms in total. The lowest BCUT2D eigenvalue weighted by atomic mass is 9.92. The lowest BCUT2D eigenvalue weighted by Gasteiger charge is -2.20. The van der Waals surface area contributed by atoms with Crippen LogP contribution in [0.15, 0.2) is 24.5 Å². The van der Waals surface area contributed by atoms with Crippen molar-refractivity contribution in [3.8, 4) is 0 Å². The van der Waals surface area contributed by atoms with E-state index in [4.69, 9.17) is 0 Å². The van der Waals surface area contributed by atoms with Crippen molar-refractivity contribution in [2.24, 2.45) is 7.05 Å². The van der Waals surface area contributed by atoms with Crippen LogP contribution in [0.4, 0.5) is 5.69 Å². The Balaban J connectivity index is 2.31. The molecule has 0 aliphatic carbocycles. The lowest BCUT2D eigenvalue weighted by molar-refractivity contribution is 0.798. The van der Waals surface area contributed by atoms with Gasteiger partial charge in [0.1, 0.15) is 6.33 Å². The van der Waals surface area contributed by atoms with Crippen molar-refractivity contribution in [3.05, 3.63) is 41.5 Å². The van der Waals surface area contributed by atoms with Gasteiger partial charge in [0.05, 0.1) is 6.54 Å². The van der Waals surface area contributed by atoms with Gasteiger partial charge >= 0.3 is 0 Å². The number of hydrogen-bond acceptors (Lipinski definition) is 3. The molecule has 0 spiro atoms. The molecular formula is C16H24N4. The van der Waals surface area contributed by atoms with Gasteiger partial charge in [-0.3, -0.25) is 0 Å². The Morgan fingerprint density at radius 2 is 1.70 bits per heavy atom. The maximum atomic E-state index is 4.13. The Morgan fingerprint density at radius 3 is 2.15 bits per heavy atom. The summed E-state index contributed by atoms with van der Waals surface area (Å²) in [6, 6.07) is 6.56. The summed E-state index contributed by atoms with van der Waals surface area (Å²) in [5.74, 6) is 1.93. The average molecular weight is 272 g/mol. The van der Waals surface area contributed by atoms with Crippen LogP contribution in [0.5, 0.6) is 0 Å². The summed E-state index contributed by atoms with van der Waals surface area (Å²) >= 11 is 0. The highest BCUT2D eigenvalue weighted by atomic mass is 15.3. The predicted molar refractivity (Wildman–Crippen MR) is 82.9 cm³/mol. The third-order valence-corrected chi connectivity index (χ3v) is 3.60. The zero-order chi connectivity index (χ0) is 14.7. The Hall–Kier alpha value is -1.84. The fourth-order valence-electron chi connectivity index (χ4n) is 2.39. The van der Waals surface area contributed by atoms with Crippen molar-refractivity contribution in [2.75, 3.05) is 5.32 Å². The maximum absolute atomic E-state index is 4.13. The molecule has 0 aliphatic rings. The molecule has 0 amide bonds. The number of aromatic nitrogens is 3. The van der Waals surface area contributed by atoms with Crippen LogP contribution in [-0.4, -0.2) is 14.8 Å². The summed E-state index contributed by atoms with van der Waals surface area (Å²) < 4.78 is 1.94. The van der Waals surface area contributed by atoms with Gasteiger partial charge in [-0.05, 0) is 23.0 Å². The summed E-state index contributed by atoms with van der Waals surface area (Å²) in [6.07, 6.45) is 1.73. The zero-order valence-corrected chi connectivity index (χ0v) is 13.0. The van der Waals surface area contributed by atoms with Crippen LogP contribution in [0.3, 0.4) is 0 Å². The fraction of sp³-hybridized carbons (Fsp3) is 0.500. The minimum absolute atomic E-state index is 0.496. The van der Waals surface area contributed by atoms with E-state index in [1.165, 1.54) is 16.8 Å². The van der Waals surface area contributed by atoms with E-state index in [0.29, 0.717) is 18.4 Å². The third-order valence-electron chi connectivity index (χ3n) is 3.60. The van der Waals surface area contributed by atoms with Crippen molar-refractivity contribution in [1.82, 2.24) is 14.8 Å². The Kier molecular flexibility index (Phi) is 4.42. The molecule has 0 radical (unpaired) electrons. The van der Waals surface area contributed by atoms with Crippen molar-refractivity contribution in [2.45, 2.75) is 46.1 Å². The molecule has 1 heterocycles. The molecule has 20 heavy (non-hydrogen) atoms. The highest BCUT2D eigenvalue weighted by Crippen LogP contribution is 2.32. The van der Waals surface area contributed by atoms with Crippen LogP contribution in [0.1, 0.15) is 56.5 Å². The molecule has 0 unspecified atom stereocenters. The second kappa shape index (κ2) is 6.07. The molecule has 2 aromatic rings. The zero-order valence-electron chi connectivity index (χ0n) is 13.0. The fourth-order valence-corrected chi connectivity index (χ4v) is 2.39. The first-order valence-electron chi connectivity index (χ1n) is 7.20.